The van der Waals surface area contributed by atoms with Gasteiger partial charge in [-0.05, 0) is 49.3 Å². The minimum Gasteiger partial charge on any atom is -0.340 e. The van der Waals surface area contributed by atoms with Gasteiger partial charge in [-0.3, -0.25) is 9.78 Å². The molecule has 1 spiro atoms. The molecule has 6 nitrogen and oxygen atoms in total. The first-order valence-electron chi connectivity index (χ1n) is 8.97. The first kappa shape index (κ1) is 16.0. The molecule has 6 heteroatoms. The molecule has 4 rings (SSSR count). The van der Waals surface area contributed by atoms with Crippen LogP contribution < -0.4 is 4.90 Å². The molecule has 0 aliphatic carbocycles. The largest absolute Gasteiger partial charge is 0.340 e. The maximum atomic E-state index is 12.6. The molecule has 0 unspecified atom stereocenters. The van der Waals surface area contributed by atoms with Crippen molar-refractivity contribution in [2.75, 3.05) is 31.1 Å². The van der Waals surface area contributed by atoms with Crippen LogP contribution in [0.25, 0.3) is 0 Å². The van der Waals surface area contributed by atoms with Crippen LogP contribution in [-0.2, 0) is 0 Å². The van der Waals surface area contributed by atoms with E-state index in [2.05, 4.69) is 19.9 Å². The fourth-order valence-electron chi connectivity index (χ4n) is 4.10. The summed E-state index contributed by atoms with van der Waals surface area (Å²) in [5, 5.41) is 0. The number of anilines is 1. The number of hydrogen-bond acceptors (Lipinski definition) is 5. The zero-order valence-electron chi connectivity index (χ0n) is 14.3. The second-order valence-electron chi connectivity index (χ2n) is 7.11. The molecule has 1 amide bonds. The Hall–Kier alpha value is -2.50. The highest BCUT2D eigenvalue weighted by atomic mass is 16.2. The topological polar surface area (TPSA) is 62.2 Å². The van der Waals surface area contributed by atoms with Crippen LogP contribution in [0.3, 0.4) is 0 Å². The molecule has 0 bridgehead atoms. The maximum absolute atomic E-state index is 12.6. The summed E-state index contributed by atoms with van der Waals surface area (Å²) >= 11 is 0. The predicted molar refractivity (Wildman–Crippen MR) is 95.3 cm³/mol. The van der Waals surface area contributed by atoms with Gasteiger partial charge >= 0.3 is 0 Å². The van der Waals surface area contributed by atoms with Crippen LogP contribution in [0.15, 0.2) is 43.0 Å². The minimum absolute atomic E-state index is 0.0991. The molecular weight excluding hydrogens is 314 g/mol. The number of likely N-dealkylation sites (tertiary alicyclic amines) is 1. The summed E-state index contributed by atoms with van der Waals surface area (Å²) in [6.45, 7) is 3.64. The Morgan fingerprint density at radius 1 is 1.00 bits per heavy atom. The number of amides is 1. The lowest BCUT2D eigenvalue weighted by Gasteiger charge is -2.47. The van der Waals surface area contributed by atoms with Crippen molar-refractivity contribution >= 4 is 11.9 Å². The Bertz CT molecular complexity index is 713. The first-order valence-corrected chi connectivity index (χ1v) is 8.97. The molecule has 0 N–H and O–H groups in total. The average molecular weight is 337 g/mol. The van der Waals surface area contributed by atoms with Crippen molar-refractivity contribution in [2.45, 2.75) is 25.7 Å². The number of carbonyl (C=O) groups is 1. The molecule has 2 saturated heterocycles. The molecule has 2 aromatic rings. The zero-order chi connectivity index (χ0) is 17.1. The van der Waals surface area contributed by atoms with Crippen molar-refractivity contribution < 1.29 is 4.79 Å². The third kappa shape index (κ3) is 3.34. The number of pyridine rings is 1. The predicted octanol–water partition coefficient (Wildman–Crippen LogP) is 2.39. The van der Waals surface area contributed by atoms with Gasteiger partial charge in [-0.2, -0.15) is 0 Å². The summed E-state index contributed by atoms with van der Waals surface area (Å²) in [6, 6.07) is 5.51. The fraction of sp³-hybridized carbons (Fsp3) is 0.474. The van der Waals surface area contributed by atoms with Gasteiger partial charge < -0.3 is 9.80 Å². The van der Waals surface area contributed by atoms with E-state index < -0.39 is 0 Å². The Balaban J connectivity index is 1.41. The van der Waals surface area contributed by atoms with Crippen LogP contribution in [0.4, 0.5) is 5.95 Å². The second kappa shape index (κ2) is 6.78. The van der Waals surface area contributed by atoms with Crippen molar-refractivity contribution in [3.63, 3.8) is 0 Å². The molecule has 4 heterocycles. The zero-order valence-corrected chi connectivity index (χ0v) is 14.3. The van der Waals surface area contributed by atoms with E-state index in [9.17, 15) is 4.79 Å². The standard InChI is InChI=1S/C19H23N5O/c25-17(16-4-1-8-20-14-16)23-12-6-19(7-13-23)5-2-11-24(15-19)18-21-9-3-10-22-18/h1,3-4,8-10,14H,2,5-7,11-13,15H2. The molecule has 0 atom stereocenters. The Morgan fingerprint density at radius 3 is 2.52 bits per heavy atom. The maximum Gasteiger partial charge on any atom is 0.255 e. The van der Waals surface area contributed by atoms with Gasteiger partial charge in [0, 0.05) is 51.0 Å². The van der Waals surface area contributed by atoms with Crippen LogP contribution in [0.5, 0.6) is 0 Å². The number of hydrogen-bond donors (Lipinski definition) is 0. The molecule has 2 aliphatic rings. The fourth-order valence-corrected chi connectivity index (χ4v) is 4.10. The van der Waals surface area contributed by atoms with E-state index >= 15 is 0 Å². The van der Waals surface area contributed by atoms with Gasteiger partial charge in [-0.1, -0.05) is 0 Å². The van der Waals surface area contributed by atoms with Crippen LogP contribution in [-0.4, -0.2) is 51.9 Å². The Morgan fingerprint density at radius 2 is 1.80 bits per heavy atom. The summed E-state index contributed by atoms with van der Waals surface area (Å²) in [6.07, 6.45) is 11.4. The number of aromatic nitrogens is 3. The summed E-state index contributed by atoms with van der Waals surface area (Å²) < 4.78 is 0. The number of nitrogens with zero attached hydrogens (tertiary/aromatic N) is 5. The van der Waals surface area contributed by atoms with E-state index in [1.54, 1.807) is 24.8 Å². The summed E-state index contributed by atoms with van der Waals surface area (Å²) in [4.78, 5) is 29.8. The quantitative estimate of drug-likeness (QED) is 0.842. The van der Waals surface area contributed by atoms with Crippen molar-refractivity contribution in [1.82, 2.24) is 19.9 Å². The second-order valence-corrected chi connectivity index (χ2v) is 7.11. The molecule has 130 valence electrons. The smallest absolute Gasteiger partial charge is 0.255 e. The number of carbonyl (C=O) groups excluding carboxylic acids is 1. The molecular formula is C19H23N5O. The third-order valence-electron chi connectivity index (χ3n) is 5.52. The van der Waals surface area contributed by atoms with Crippen LogP contribution >= 0.6 is 0 Å². The number of piperidine rings is 2. The van der Waals surface area contributed by atoms with Crippen molar-refractivity contribution in [3.8, 4) is 0 Å². The highest BCUT2D eigenvalue weighted by Crippen LogP contribution is 2.40. The molecule has 0 saturated carbocycles. The van der Waals surface area contributed by atoms with Crippen LogP contribution in [0.2, 0.25) is 0 Å². The molecule has 2 fully saturated rings. The Labute approximate surface area is 147 Å². The summed E-state index contributed by atoms with van der Waals surface area (Å²) in [5.74, 6) is 0.928. The summed E-state index contributed by atoms with van der Waals surface area (Å²) in [5.41, 5.74) is 0.963. The van der Waals surface area contributed by atoms with Gasteiger partial charge in [0.1, 0.15) is 0 Å². The van der Waals surface area contributed by atoms with Gasteiger partial charge in [0.05, 0.1) is 5.56 Å². The highest BCUT2D eigenvalue weighted by Gasteiger charge is 2.40. The van der Waals surface area contributed by atoms with E-state index in [1.807, 2.05) is 23.1 Å². The minimum atomic E-state index is 0.0991. The molecule has 0 aromatic carbocycles. The first-order chi connectivity index (χ1) is 12.3. The van der Waals surface area contributed by atoms with E-state index in [0.717, 1.165) is 51.4 Å². The molecule has 2 aliphatic heterocycles. The van der Waals surface area contributed by atoms with Gasteiger partial charge in [-0.15, -0.1) is 0 Å². The van der Waals surface area contributed by atoms with Gasteiger partial charge in [-0.25, -0.2) is 9.97 Å². The van der Waals surface area contributed by atoms with E-state index in [1.165, 1.54) is 6.42 Å². The van der Waals surface area contributed by atoms with E-state index in [4.69, 9.17) is 0 Å². The van der Waals surface area contributed by atoms with Crippen molar-refractivity contribution in [2.24, 2.45) is 5.41 Å². The van der Waals surface area contributed by atoms with Crippen molar-refractivity contribution in [3.05, 3.63) is 48.5 Å². The highest BCUT2D eigenvalue weighted by molar-refractivity contribution is 5.93. The lowest BCUT2D eigenvalue weighted by atomic mass is 9.72. The lowest BCUT2D eigenvalue weighted by Crippen LogP contribution is -2.51. The molecule has 0 radical (unpaired) electrons. The van der Waals surface area contributed by atoms with Crippen molar-refractivity contribution in [1.29, 1.82) is 0 Å². The van der Waals surface area contributed by atoms with Gasteiger partial charge in [0.15, 0.2) is 0 Å². The van der Waals surface area contributed by atoms with Gasteiger partial charge in [0.2, 0.25) is 5.95 Å². The van der Waals surface area contributed by atoms with E-state index in [-0.39, 0.29) is 11.3 Å². The summed E-state index contributed by atoms with van der Waals surface area (Å²) in [7, 11) is 0. The Kier molecular flexibility index (Phi) is 4.34. The monoisotopic (exact) mass is 337 g/mol. The average Bonchev–Trinajstić information content (AvgIpc) is 2.69. The molecule has 25 heavy (non-hydrogen) atoms. The van der Waals surface area contributed by atoms with Gasteiger partial charge in [0.25, 0.3) is 5.91 Å². The normalized spacial score (nSPS) is 19.8. The lowest BCUT2D eigenvalue weighted by molar-refractivity contribution is 0.0539. The van der Waals surface area contributed by atoms with Crippen LogP contribution in [0.1, 0.15) is 36.0 Å². The number of rotatable bonds is 2. The molecule has 2 aromatic heterocycles. The third-order valence-corrected chi connectivity index (χ3v) is 5.52. The van der Waals surface area contributed by atoms with Crippen LogP contribution in [0, 0.1) is 5.41 Å². The SMILES string of the molecule is O=C(c1cccnc1)N1CCC2(CCCN(c3ncccn3)C2)CC1. The van der Waals surface area contributed by atoms with E-state index in [0.29, 0.717) is 5.56 Å².